The minimum Gasteiger partial charge on any atom is -0.314 e. The first-order chi connectivity index (χ1) is 7.29. The summed E-state index contributed by atoms with van der Waals surface area (Å²) in [4.78, 5) is 4.83. The molecule has 1 rings (SSSR count). The Kier molecular flexibility index (Phi) is 6.98. The van der Waals surface area contributed by atoms with Gasteiger partial charge >= 0.3 is 0 Å². The lowest BCUT2D eigenvalue weighted by Crippen LogP contribution is -2.35. The van der Waals surface area contributed by atoms with Gasteiger partial charge in [0.2, 0.25) is 0 Å². The summed E-state index contributed by atoms with van der Waals surface area (Å²) < 4.78 is 0. The van der Waals surface area contributed by atoms with Crippen molar-refractivity contribution in [1.82, 2.24) is 15.1 Å². The van der Waals surface area contributed by atoms with Crippen molar-refractivity contribution < 1.29 is 0 Å². The van der Waals surface area contributed by atoms with Crippen molar-refractivity contribution in [2.45, 2.75) is 25.7 Å². The van der Waals surface area contributed by atoms with Crippen molar-refractivity contribution in [2.24, 2.45) is 0 Å². The van der Waals surface area contributed by atoms with Crippen molar-refractivity contribution in [3.8, 4) is 0 Å². The Labute approximate surface area is 94.8 Å². The summed E-state index contributed by atoms with van der Waals surface area (Å²) in [6, 6.07) is 0. The Bertz CT molecular complexity index is 140. The van der Waals surface area contributed by atoms with Crippen LogP contribution in [0.4, 0.5) is 0 Å². The zero-order valence-corrected chi connectivity index (χ0v) is 10.5. The second-order valence-corrected chi connectivity index (χ2v) is 4.81. The van der Waals surface area contributed by atoms with Crippen LogP contribution in [-0.2, 0) is 0 Å². The van der Waals surface area contributed by atoms with Crippen molar-refractivity contribution in [3.63, 3.8) is 0 Å². The molecule has 3 nitrogen and oxygen atoms in total. The van der Waals surface area contributed by atoms with E-state index in [9.17, 15) is 0 Å². The van der Waals surface area contributed by atoms with Gasteiger partial charge in [0, 0.05) is 26.2 Å². The maximum absolute atomic E-state index is 3.50. The van der Waals surface area contributed by atoms with Crippen LogP contribution in [0.1, 0.15) is 25.7 Å². The van der Waals surface area contributed by atoms with E-state index in [2.05, 4.69) is 29.2 Å². The summed E-state index contributed by atoms with van der Waals surface area (Å²) in [5.74, 6) is 0. The maximum Gasteiger partial charge on any atom is 0.0107 e. The lowest BCUT2D eigenvalue weighted by atomic mass is 10.2. The molecule has 1 saturated heterocycles. The molecule has 0 aromatic rings. The molecule has 15 heavy (non-hydrogen) atoms. The SMILES string of the molecule is CN(C)CCNCCN1CCCCCC1. The Morgan fingerprint density at radius 3 is 2.27 bits per heavy atom. The molecule has 1 fully saturated rings. The second kappa shape index (κ2) is 8.08. The highest BCUT2D eigenvalue weighted by Crippen LogP contribution is 2.08. The first-order valence-electron chi connectivity index (χ1n) is 6.37. The fourth-order valence-electron chi connectivity index (χ4n) is 2.02. The summed E-state index contributed by atoms with van der Waals surface area (Å²) in [6.45, 7) is 7.26. The van der Waals surface area contributed by atoms with Crippen LogP contribution in [0.2, 0.25) is 0 Å². The van der Waals surface area contributed by atoms with E-state index in [1.165, 1.54) is 45.3 Å². The maximum atomic E-state index is 3.50. The molecular weight excluding hydrogens is 186 g/mol. The minimum atomic E-state index is 1.11. The van der Waals surface area contributed by atoms with Gasteiger partial charge in [0.1, 0.15) is 0 Å². The number of nitrogens with one attached hydrogen (secondary N) is 1. The van der Waals surface area contributed by atoms with E-state index in [-0.39, 0.29) is 0 Å². The van der Waals surface area contributed by atoms with E-state index in [0.717, 1.165) is 19.6 Å². The molecule has 0 aromatic carbocycles. The highest BCUT2D eigenvalue weighted by molar-refractivity contribution is 4.64. The number of hydrogen-bond donors (Lipinski definition) is 1. The van der Waals surface area contributed by atoms with Crippen molar-refractivity contribution in [3.05, 3.63) is 0 Å². The van der Waals surface area contributed by atoms with Gasteiger partial charge in [-0.3, -0.25) is 0 Å². The molecule has 0 radical (unpaired) electrons. The minimum absolute atomic E-state index is 1.11. The number of hydrogen-bond acceptors (Lipinski definition) is 3. The summed E-state index contributed by atoms with van der Waals surface area (Å²) in [6.07, 6.45) is 5.67. The molecule has 1 heterocycles. The van der Waals surface area contributed by atoms with Gasteiger partial charge in [-0.1, -0.05) is 12.8 Å². The zero-order chi connectivity index (χ0) is 10.9. The molecule has 1 aliphatic rings. The molecule has 1 N–H and O–H groups in total. The van der Waals surface area contributed by atoms with Gasteiger partial charge in [-0.25, -0.2) is 0 Å². The van der Waals surface area contributed by atoms with Gasteiger partial charge in [0.25, 0.3) is 0 Å². The Balaban J connectivity index is 1.94. The fraction of sp³-hybridized carbons (Fsp3) is 1.00. The molecule has 0 bridgehead atoms. The molecule has 3 heteroatoms. The van der Waals surface area contributed by atoms with Crippen LogP contribution in [0.3, 0.4) is 0 Å². The molecule has 0 unspecified atom stereocenters. The molecule has 1 aliphatic heterocycles. The van der Waals surface area contributed by atoms with Crippen LogP contribution in [0.5, 0.6) is 0 Å². The number of rotatable bonds is 6. The Morgan fingerprint density at radius 1 is 1.00 bits per heavy atom. The average Bonchev–Trinajstić information content (AvgIpc) is 2.45. The second-order valence-electron chi connectivity index (χ2n) is 4.81. The van der Waals surface area contributed by atoms with E-state index >= 15 is 0 Å². The van der Waals surface area contributed by atoms with Crippen molar-refractivity contribution in [2.75, 3.05) is 53.4 Å². The van der Waals surface area contributed by atoms with Gasteiger partial charge in [0.05, 0.1) is 0 Å². The van der Waals surface area contributed by atoms with Gasteiger partial charge in [-0.05, 0) is 40.0 Å². The fourth-order valence-corrected chi connectivity index (χ4v) is 2.02. The highest BCUT2D eigenvalue weighted by atomic mass is 15.1. The third-order valence-electron chi connectivity index (χ3n) is 3.04. The van der Waals surface area contributed by atoms with E-state index in [4.69, 9.17) is 0 Å². The molecular formula is C12H27N3. The summed E-state index contributed by atoms with van der Waals surface area (Å²) >= 11 is 0. The molecule has 90 valence electrons. The lowest BCUT2D eigenvalue weighted by Gasteiger charge is -2.20. The van der Waals surface area contributed by atoms with Gasteiger partial charge < -0.3 is 15.1 Å². The monoisotopic (exact) mass is 213 g/mol. The predicted octanol–water partition coefficient (Wildman–Crippen LogP) is 1.01. The van der Waals surface area contributed by atoms with Gasteiger partial charge in [-0.15, -0.1) is 0 Å². The number of nitrogens with zero attached hydrogens (tertiary/aromatic N) is 2. The van der Waals surface area contributed by atoms with Gasteiger partial charge in [0.15, 0.2) is 0 Å². The third-order valence-corrected chi connectivity index (χ3v) is 3.04. The Hall–Kier alpha value is -0.120. The lowest BCUT2D eigenvalue weighted by molar-refractivity contribution is 0.282. The summed E-state index contributed by atoms with van der Waals surface area (Å²) in [5, 5.41) is 3.50. The molecule has 0 atom stereocenters. The van der Waals surface area contributed by atoms with E-state index in [1.807, 2.05) is 0 Å². The van der Waals surface area contributed by atoms with Crippen molar-refractivity contribution in [1.29, 1.82) is 0 Å². The smallest absolute Gasteiger partial charge is 0.0107 e. The summed E-state index contributed by atoms with van der Waals surface area (Å²) in [7, 11) is 4.24. The quantitative estimate of drug-likeness (QED) is 0.665. The topological polar surface area (TPSA) is 18.5 Å². The molecule has 0 amide bonds. The van der Waals surface area contributed by atoms with Crippen LogP contribution in [0, 0.1) is 0 Å². The number of likely N-dealkylation sites (N-methyl/N-ethyl adjacent to an activating group) is 1. The summed E-state index contributed by atoms with van der Waals surface area (Å²) in [5.41, 5.74) is 0. The Morgan fingerprint density at radius 2 is 1.67 bits per heavy atom. The van der Waals surface area contributed by atoms with Gasteiger partial charge in [-0.2, -0.15) is 0 Å². The zero-order valence-electron chi connectivity index (χ0n) is 10.5. The first-order valence-corrected chi connectivity index (χ1v) is 6.37. The predicted molar refractivity (Wildman–Crippen MR) is 66.3 cm³/mol. The van der Waals surface area contributed by atoms with Crippen LogP contribution in [-0.4, -0.2) is 63.2 Å². The van der Waals surface area contributed by atoms with E-state index in [0.29, 0.717) is 0 Å². The van der Waals surface area contributed by atoms with Crippen LogP contribution >= 0.6 is 0 Å². The molecule has 0 aliphatic carbocycles. The highest BCUT2D eigenvalue weighted by Gasteiger charge is 2.07. The van der Waals surface area contributed by atoms with E-state index < -0.39 is 0 Å². The standard InChI is InChI=1S/C12H27N3/c1-14(2)11-7-13-8-12-15-9-5-3-4-6-10-15/h13H,3-12H2,1-2H3. The van der Waals surface area contributed by atoms with E-state index in [1.54, 1.807) is 0 Å². The van der Waals surface area contributed by atoms with Crippen molar-refractivity contribution >= 4 is 0 Å². The first kappa shape index (κ1) is 12.9. The third kappa shape index (κ3) is 6.88. The molecule has 0 aromatic heterocycles. The van der Waals surface area contributed by atoms with Crippen LogP contribution in [0.25, 0.3) is 0 Å². The average molecular weight is 213 g/mol. The van der Waals surface area contributed by atoms with Crippen LogP contribution < -0.4 is 5.32 Å². The molecule has 0 spiro atoms. The molecule has 0 saturated carbocycles. The van der Waals surface area contributed by atoms with Crippen LogP contribution in [0.15, 0.2) is 0 Å². The number of likely N-dealkylation sites (tertiary alicyclic amines) is 1. The largest absolute Gasteiger partial charge is 0.314 e. The normalized spacial score (nSPS) is 19.4.